The van der Waals surface area contributed by atoms with E-state index in [4.69, 9.17) is 0 Å². The molecule has 0 amide bonds. The van der Waals surface area contributed by atoms with E-state index in [1.54, 1.807) is 18.2 Å². The first-order valence-electron chi connectivity index (χ1n) is 6.32. The molecule has 0 aliphatic heterocycles. The first-order valence-corrected chi connectivity index (χ1v) is 7.11. The van der Waals surface area contributed by atoms with Gasteiger partial charge in [0.15, 0.2) is 0 Å². The fourth-order valence-electron chi connectivity index (χ4n) is 2.67. The molecule has 4 nitrogen and oxygen atoms in total. The second-order valence-electron chi connectivity index (χ2n) is 4.77. The zero-order valence-corrected chi connectivity index (χ0v) is 11.9. The van der Waals surface area contributed by atoms with Gasteiger partial charge in [-0.2, -0.15) is 0 Å². The molecule has 1 aromatic carbocycles. The van der Waals surface area contributed by atoms with Crippen molar-refractivity contribution >= 4 is 27.3 Å². The highest BCUT2D eigenvalue weighted by Crippen LogP contribution is 2.33. The molecule has 2 rings (SSSR count). The summed E-state index contributed by atoms with van der Waals surface area (Å²) in [4.78, 5) is 10.4. The predicted octanol–water partition coefficient (Wildman–Crippen LogP) is 4.35. The fourth-order valence-corrected chi connectivity index (χ4v) is 3.20. The van der Waals surface area contributed by atoms with Crippen LogP contribution in [0.25, 0.3) is 0 Å². The molecule has 5 heteroatoms. The Balaban J connectivity index is 2.10. The number of hydrogen-bond donors (Lipinski definition) is 1. The third kappa shape index (κ3) is 2.83. The summed E-state index contributed by atoms with van der Waals surface area (Å²) in [6.07, 6.45) is 4.92. The molecule has 1 aliphatic rings. The van der Waals surface area contributed by atoms with Gasteiger partial charge in [0.1, 0.15) is 0 Å². The molecule has 2 unspecified atom stereocenters. The van der Waals surface area contributed by atoms with Crippen molar-refractivity contribution in [3.05, 3.63) is 32.8 Å². The van der Waals surface area contributed by atoms with Gasteiger partial charge in [0.25, 0.3) is 5.69 Å². The average Bonchev–Trinajstić information content (AvgIpc) is 2.76. The van der Waals surface area contributed by atoms with Crippen LogP contribution >= 0.6 is 15.9 Å². The summed E-state index contributed by atoms with van der Waals surface area (Å²) >= 11 is 3.25. The van der Waals surface area contributed by atoms with E-state index in [1.165, 1.54) is 25.7 Å². The molecule has 1 aliphatic carbocycles. The number of rotatable bonds is 4. The lowest BCUT2D eigenvalue weighted by molar-refractivity contribution is -0.385. The van der Waals surface area contributed by atoms with Gasteiger partial charge in [0.2, 0.25) is 0 Å². The van der Waals surface area contributed by atoms with Gasteiger partial charge in [-0.3, -0.25) is 10.1 Å². The Morgan fingerprint density at radius 2 is 2.28 bits per heavy atom. The number of nitrogens with one attached hydrogen (secondary N) is 1. The number of nitrogens with zero attached hydrogens (tertiary/aromatic N) is 1. The zero-order valence-electron chi connectivity index (χ0n) is 10.4. The van der Waals surface area contributed by atoms with Crippen LogP contribution < -0.4 is 5.32 Å². The minimum absolute atomic E-state index is 0.110. The van der Waals surface area contributed by atoms with Crippen LogP contribution in [0.4, 0.5) is 11.4 Å². The molecule has 0 spiro atoms. The molecule has 1 aromatic rings. The first kappa shape index (κ1) is 13.3. The van der Waals surface area contributed by atoms with Crippen LogP contribution in [0.2, 0.25) is 0 Å². The summed E-state index contributed by atoms with van der Waals surface area (Å²) in [5.74, 6) is 0.721. The van der Waals surface area contributed by atoms with Crippen LogP contribution in [0.15, 0.2) is 22.7 Å². The van der Waals surface area contributed by atoms with Gasteiger partial charge in [-0.1, -0.05) is 19.8 Å². The molecule has 0 saturated heterocycles. The van der Waals surface area contributed by atoms with Gasteiger partial charge in [-0.25, -0.2) is 0 Å². The Morgan fingerprint density at radius 1 is 1.50 bits per heavy atom. The maximum Gasteiger partial charge on any atom is 0.283 e. The number of hydrogen-bond acceptors (Lipinski definition) is 3. The maximum atomic E-state index is 10.7. The summed E-state index contributed by atoms with van der Waals surface area (Å²) in [7, 11) is 0. The molecule has 1 fully saturated rings. The van der Waals surface area contributed by atoms with Crippen LogP contribution in [-0.4, -0.2) is 11.0 Å². The summed E-state index contributed by atoms with van der Waals surface area (Å²) in [5.41, 5.74) is 1.07. The monoisotopic (exact) mass is 312 g/mol. The van der Waals surface area contributed by atoms with E-state index in [1.807, 2.05) is 0 Å². The summed E-state index contributed by atoms with van der Waals surface area (Å²) < 4.78 is 0.531. The second-order valence-corrected chi connectivity index (χ2v) is 5.63. The van der Waals surface area contributed by atoms with Crippen molar-refractivity contribution in [2.45, 2.75) is 38.6 Å². The molecular formula is C13H17BrN2O2. The summed E-state index contributed by atoms with van der Waals surface area (Å²) in [5, 5.41) is 14.2. The molecule has 2 atom stereocenters. The number of halogens is 1. The molecule has 0 bridgehead atoms. The Morgan fingerprint density at radius 3 is 2.89 bits per heavy atom. The van der Waals surface area contributed by atoms with E-state index in [9.17, 15) is 10.1 Å². The quantitative estimate of drug-likeness (QED) is 0.664. The standard InChI is InChI=1S/C13H17BrN2O2/c1-2-9-4-3-5-12(9)15-10-6-7-13(16(17)18)11(14)8-10/h6-9,12,15H,2-5H2,1H3. The summed E-state index contributed by atoms with van der Waals surface area (Å²) in [6.45, 7) is 2.22. The minimum atomic E-state index is -0.377. The lowest BCUT2D eigenvalue weighted by Crippen LogP contribution is -2.23. The highest BCUT2D eigenvalue weighted by atomic mass is 79.9. The third-order valence-electron chi connectivity index (χ3n) is 3.68. The molecule has 0 aromatic heterocycles. The van der Waals surface area contributed by atoms with E-state index in [2.05, 4.69) is 28.2 Å². The summed E-state index contributed by atoms with van der Waals surface area (Å²) in [6, 6.07) is 5.63. The van der Waals surface area contributed by atoms with Crippen molar-refractivity contribution in [1.82, 2.24) is 0 Å². The average molecular weight is 313 g/mol. The lowest BCUT2D eigenvalue weighted by atomic mass is 10.0. The van der Waals surface area contributed by atoms with Gasteiger partial charge in [0.05, 0.1) is 9.40 Å². The van der Waals surface area contributed by atoms with Crippen molar-refractivity contribution < 1.29 is 4.92 Å². The van der Waals surface area contributed by atoms with E-state index < -0.39 is 0 Å². The van der Waals surface area contributed by atoms with Crippen LogP contribution in [0.5, 0.6) is 0 Å². The third-order valence-corrected chi connectivity index (χ3v) is 4.32. The highest BCUT2D eigenvalue weighted by molar-refractivity contribution is 9.10. The van der Waals surface area contributed by atoms with Crippen LogP contribution in [0, 0.1) is 16.0 Å². The fraction of sp³-hybridized carbons (Fsp3) is 0.538. The minimum Gasteiger partial charge on any atom is -0.382 e. The molecule has 98 valence electrons. The normalized spacial score (nSPS) is 23.0. The Hall–Kier alpha value is -1.10. The Kier molecular flexibility index (Phi) is 4.22. The number of nitro groups is 1. The smallest absolute Gasteiger partial charge is 0.283 e. The van der Waals surface area contributed by atoms with Crippen molar-refractivity contribution in [2.75, 3.05) is 5.32 Å². The molecule has 0 heterocycles. The predicted molar refractivity (Wildman–Crippen MR) is 75.8 cm³/mol. The Labute approximate surface area is 115 Å². The van der Waals surface area contributed by atoms with Crippen LogP contribution in [0.3, 0.4) is 0 Å². The largest absolute Gasteiger partial charge is 0.382 e. The zero-order chi connectivity index (χ0) is 13.1. The van der Waals surface area contributed by atoms with E-state index in [0.29, 0.717) is 10.5 Å². The number of benzene rings is 1. The van der Waals surface area contributed by atoms with E-state index in [-0.39, 0.29) is 10.6 Å². The molecule has 18 heavy (non-hydrogen) atoms. The van der Waals surface area contributed by atoms with Gasteiger partial charge in [-0.15, -0.1) is 0 Å². The van der Waals surface area contributed by atoms with Gasteiger partial charge in [0, 0.05) is 17.8 Å². The van der Waals surface area contributed by atoms with Gasteiger partial charge >= 0.3 is 0 Å². The SMILES string of the molecule is CCC1CCCC1Nc1ccc([N+](=O)[O-])c(Br)c1. The van der Waals surface area contributed by atoms with Crippen molar-refractivity contribution in [3.63, 3.8) is 0 Å². The van der Waals surface area contributed by atoms with E-state index >= 15 is 0 Å². The van der Waals surface area contributed by atoms with Crippen LogP contribution in [-0.2, 0) is 0 Å². The van der Waals surface area contributed by atoms with Gasteiger partial charge in [-0.05, 0) is 46.8 Å². The van der Waals surface area contributed by atoms with Crippen molar-refractivity contribution in [2.24, 2.45) is 5.92 Å². The van der Waals surface area contributed by atoms with E-state index in [0.717, 1.165) is 11.6 Å². The molecule has 0 radical (unpaired) electrons. The lowest BCUT2D eigenvalue weighted by Gasteiger charge is -2.20. The molecule has 1 N–H and O–H groups in total. The Bertz CT molecular complexity index is 451. The first-order chi connectivity index (χ1) is 8.61. The molecule has 1 saturated carbocycles. The van der Waals surface area contributed by atoms with Gasteiger partial charge < -0.3 is 5.32 Å². The highest BCUT2D eigenvalue weighted by Gasteiger charge is 2.25. The number of anilines is 1. The second kappa shape index (κ2) is 5.69. The maximum absolute atomic E-state index is 10.7. The topological polar surface area (TPSA) is 55.2 Å². The van der Waals surface area contributed by atoms with Crippen molar-refractivity contribution in [3.8, 4) is 0 Å². The van der Waals surface area contributed by atoms with Crippen molar-refractivity contribution in [1.29, 1.82) is 0 Å². The van der Waals surface area contributed by atoms with Crippen LogP contribution in [0.1, 0.15) is 32.6 Å². The number of nitro benzene ring substituents is 1. The molecular weight excluding hydrogens is 296 g/mol.